The van der Waals surface area contributed by atoms with Crippen LogP contribution in [0.25, 0.3) is 0 Å². The number of amides is 1. The van der Waals surface area contributed by atoms with Gasteiger partial charge in [-0.3, -0.25) is 4.79 Å². The van der Waals surface area contributed by atoms with Gasteiger partial charge in [0.2, 0.25) is 0 Å². The van der Waals surface area contributed by atoms with Crippen LogP contribution < -0.4 is 5.32 Å². The van der Waals surface area contributed by atoms with Crippen molar-refractivity contribution in [3.05, 3.63) is 70.2 Å². The average Bonchev–Trinajstić information content (AvgIpc) is 2.38. The fraction of sp³-hybridized carbons (Fsp3) is 0.133. The summed E-state index contributed by atoms with van der Waals surface area (Å²) in [5, 5.41) is 3.35. The molecule has 0 radical (unpaired) electrons. The van der Waals surface area contributed by atoms with Crippen LogP contribution in [0.5, 0.6) is 0 Å². The molecule has 0 saturated heterocycles. The SMILES string of the molecule is CNC(=O)c1cccc(Cc2cccc(Cl)c2)c1. The van der Waals surface area contributed by atoms with Gasteiger partial charge in [0.05, 0.1) is 0 Å². The highest BCUT2D eigenvalue weighted by atomic mass is 35.5. The molecule has 3 heteroatoms. The van der Waals surface area contributed by atoms with Crippen LogP contribution in [-0.2, 0) is 6.42 Å². The smallest absolute Gasteiger partial charge is 0.251 e. The maximum atomic E-state index is 11.5. The van der Waals surface area contributed by atoms with E-state index in [1.165, 1.54) is 0 Å². The van der Waals surface area contributed by atoms with Crippen molar-refractivity contribution in [3.63, 3.8) is 0 Å². The maximum Gasteiger partial charge on any atom is 0.251 e. The number of carbonyl (C=O) groups excluding carboxylic acids is 1. The van der Waals surface area contributed by atoms with Gasteiger partial charge in [-0.1, -0.05) is 35.9 Å². The lowest BCUT2D eigenvalue weighted by Gasteiger charge is -2.05. The lowest BCUT2D eigenvalue weighted by atomic mass is 10.0. The molecule has 0 atom stereocenters. The van der Waals surface area contributed by atoms with Crippen molar-refractivity contribution in [2.75, 3.05) is 7.05 Å². The summed E-state index contributed by atoms with van der Waals surface area (Å²) in [6.07, 6.45) is 0.769. The molecule has 0 aliphatic rings. The fourth-order valence-electron chi connectivity index (χ4n) is 1.85. The Hall–Kier alpha value is -1.80. The third-order valence-corrected chi connectivity index (χ3v) is 2.95. The van der Waals surface area contributed by atoms with Crippen LogP contribution in [0.3, 0.4) is 0 Å². The Morgan fingerprint density at radius 3 is 2.44 bits per heavy atom. The van der Waals surface area contributed by atoms with Gasteiger partial charge in [-0.05, 0) is 41.8 Å². The Morgan fingerprint density at radius 1 is 1.11 bits per heavy atom. The molecule has 0 aliphatic carbocycles. The standard InChI is InChI=1S/C15H14ClNO/c1-17-15(18)13-6-2-4-11(9-13)8-12-5-3-7-14(16)10-12/h2-7,9-10H,8H2,1H3,(H,17,18). The molecular formula is C15H14ClNO. The summed E-state index contributed by atoms with van der Waals surface area (Å²) < 4.78 is 0. The van der Waals surface area contributed by atoms with Crippen molar-refractivity contribution >= 4 is 17.5 Å². The molecular weight excluding hydrogens is 246 g/mol. The molecule has 92 valence electrons. The predicted octanol–water partition coefficient (Wildman–Crippen LogP) is 3.29. The van der Waals surface area contributed by atoms with E-state index >= 15 is 0 Å². The van der Waals surface area contributed by atoms with Crippen LogP contribution >= 0.6 is 11.6 Å². The maximum absolute atomic E-state index is 11.5. The van der Waals surface area contributed by atoms with E-state index in [4.69, 9.17) is 11.6 Å². The number of nitrogens with one attached hydrogen (secondary N) is 1. The van der Waals surface area contributed by atoms with E-state index in [1.807, 2.05) is 42.5 Å². The van der Waals surface area contributed by atoms with E-state index in [0.717, 1.165) is 22.6 Å². The molecule has 0 unspecified atom stereocenters. The molecule has 2 nitrogen and oxygen atoms in total. The zero-order valence-corrected chi connectivity index (χ0v) is 10.9. The highest BCUT2D eigenvalue weighted by Gasteiger charge is 2.04. The van der Waals surface area contributed by atoms with Crippen molar-refractivity contribution in [1.82, 2.24) is 5.32 Å². The average molecular weight is 260 g/mol. The van der Waals surface area contributed by atoms with Crippen LogP contribution in [-0.4, -0.2) is 13.0 Å². The van der Waals surface area contributed by atoms with Gasteiger partial charge >= 0.3 is 0 Å². The molecule has 2 rings (SSSR count). The first kappa shape index (κ1) is 12.7. The number of hydrogen-bond donors (Lipinski definition) is 1. The van der Waals surface area contributed by atoms with Crippen LogP contribution in [0.4, 0.5) is 0 Å². The van der Waals surface area contributed by atoms with Crippen molar-refractivity contribution in [1.29, 1.82) is 0 Å². The van der Waals surface area contributed by atoms with Crippen LogP contribution in [0.15, 0.2) is 48.5 Å². The Balaban J connectivity index is 2.22. The Morgan fingerprint density at radius 2 is 1.78 bits per heavy atom. The summed E-state index contributed by atoms with van der Waals surface area (Å²) in [5.74, 6) is -0.0667. The highest BCUT2D eigenvalue weighted by Crippen LogP contribution is 2.15. The molecule has 0 spiro atoms. The number of carbonyl (C=O) groups is 1. The third kappa shape index (κ3) is 3.11. The minimum atomic E-state index is -0.0667. The number of halogens is 1. The van der Waals surface area contributed by atoms with Gasteiger partial charge in [0.1, 0.15) is 0 Å². The number of hydrogen-bond acceptors (Lipinski definition) is 1. The van der Waals surface area contributed by atoms with Gasteiger partial charge in [-0.25, -0.2) is 0 Å². The monoisotopic (exact) mass is 259 g/mol. The zero-order valence-electron chi connectivity index (χ0n) is 10.1. The summed E-state index contributed by atoms with van der Waals surface area (Å²) in [6, 6.07) is 15.4. The first-order valence-corrected chi connectivity index (χ1v) is 6.12. The van der Waals surface area contributed by atoms with Crippen LogP contribution in [0, 0.1) is 0 Å². The molecule has 0 aliphatic heterocycles. The van der Waals surface area contributed by atoms with Gasteiger partial charge in [-0.2, -0.15) is 0 Å². The summed E-state index contributed by atoms with van der Waals surface area (Å²) in [5.41, 5.74) is 2.91. The third-order valence-electron chi connectivity index (χ3n) is 2.71. The number of rotatable bonds is 3. The molecule has 2 aromatic carbocycles. The first-order valence-electron chi connectivity index (χ1n) is 5.74. The van der Waals surface area contributed by atoms with E-state index in [9.17, 15) is 4.79 Å². The van der Waals surface area contributed by atoms with Crippen molar-refractivity contribution in [3.8, 4) is 0 Å². The molecule has 1 N–H and O–H groups in total. The van der Waals surface area contributed by atoms with Gasteiger partial charge in [0.25, 0.3) is 5.91 Å². The molecule has 0 aromatic heterocycles. The first-order chi connectivity index (χ1) is 8.69. The quantitative estimate of drug-likeness (QED) is 0.900. The van der Waals surface area contributed by atoms with Crippen molar-refractivity contribution in [2.24, 2.45) is 0 Å². The van der Waals surface area contributed by atoms with E-state index < -0.39 is 0 Å². The summed E-state index contributed by atoms with van der Waals surface area (Å²) in [7, 11) is 1.63. The minimum absolute atomic E-state index is 0.0667. The molecule has 1 amide bonds. The predicted molar refractivity (Wildman–Crippen MR) is 74.1 cm³/mol. The van der Waals surface area contributed by atoms with Crippen LogP contribution in [0.2, 0.25) is 5.02 Å². The largest absolute Gasteiger partial charge is 0.355 e. The minimum Gasteiger partial charge on any atom is -0.355 e. The second kappa shape index (κ2) is 5.69. The molecule has 0 heterocycles. The Labute approximate surface area is 112 Å². The summed E-state index contributed by atoms with van der Waals surface area (Å²) >= 11 is 5.95. The van der Waals surface area contributed by atoms with E-state index in [0.29, 0.717) is 5.56 Å². The molecule has 2 aromatic rings. The Kier molecular flexibility index (Phi) is 4.00. The zero-order chi connectivity index (χ0) is 13.0. The van der Waals surface area contributed by atoms with Gasteiger partial charge in [0.15, 0.2) is 0 Å². The van der Waals surface area contributed by atoms with E-state index in [2.05, 4.69) is 5.32 Å². The van der Waals surface area contributed by atoms with Gasteiger partial charge < -0.3 is 5.32 Å². The Bertz CT molecular complexity index is 566. The summed E-state index contributed by atoms with van der Waals surface area (Å²) in [4.78, 5) is 11.5. The molecule has 0 bridgehead atoms. The fourth-order valence-corrected chi connectivity index (χ4v) is 2.06. The van der Waals surface area contributed by atoms with Crippen LogP contribution in [0.1, 0.15) is 21.5 Å². The van der Waals surface area contributed by atoms with E-state index in [-0.39, 0.29) is 5.91 Å². The van der Waals surface area contributed by atoms with Crippen molar-refractivity contribution in [2.45, 2.75) is 6.42 Å². The molecule has 0 saturated carbocycles. The molecule has 18 heavy (non-hydrogen) atoms. The lowest BCUT2D eigenvalue weighted by molar-refractivity contribution is 0.0963. The lowest BCUT2D eigenvalue weighted by Crippen LogP contribution is -2.17. The number of benzene rings is 2. The highest BCUT2D eigenvalue weighted by molar-refractivity contribution is 6.30. The normalized spacial score (nSPS) is 10.1. The topological polar surface area (TPSA) is 29.1 Å². The molecule has 0 fully saturated rings. The second-order valence-electron chi connectivity index (χ2n) is 4.09. The second-order valence-corrected chi connectivity index (χ2v) is 4.52. The van der Waals surface area contributed by atoms with Crippen molar-refractivity contribution < 1.29 is 4.79 Å². The van der Waals surface area contributed by atoms with Gasteiger partial charge in [0, 0.05) is 17.6 Å². The summed E-state index contributed by atoms with van der Waals surface area (Å²) in [6.45, 7) is 0. The van der Waals surface area contributed by atoms with Gasteiger partial charge in [-0.15, -0.1) is 0 Å². The van der Waals surface area contributed by atoms with E-state index in [1.54, 1.807) is 13.1 Å².